The predicted molar refractivity (Wildman–Crippen MR) is 64.2 cm³/mol. The standard InChI is InChI=1S/C12H14ClNO3/c1-7(11(15)16)8-2-3-9(10(13)4-8)12(14)5-17-6-12/h2-4,7H,5-6,14H2,1H3,(H,15,16). The summed E-state index contributed by atoms with van der Waals surface area (Å²) in [7, 11) is 0. The maximum absolute atomic E-state index is 10.9. The van der Waals surface area contributed by atoms with Crippen LogP contribution in [0.25, 0.3) is 0 Å². The molecule has 2 rings (SSSR count). The Balaban J connectivity index is 2.32. The number of nitrogens with two attached hydrogens (primary N) is 1. The van der Waals surface area contributed by atoms with Gasteiger partial charge in [0.05, 0.1) is 24.7 Å². The molecule has 0 bridgehead atoms. The van der Waals surface area contributed by atoms with Crippen LogP contribution in [-0.2, 0) is 15.1 Å². The third-order valence-corrected chi connectivity index (χ3v) is 3.43. The number of carbonyl (C=O) groups is 1. The number of aliphatic carboxylic acids is 1. The van der Waals surface area contributed by atoms with Gasteiger partial charge in [-0.15, -0.1) is 0 Å². The molecule has 1 aliphatic rings. The van der Waals surface area contributed by atoms with E-state index in [1.165, 1.54) is 0 Å². The molecule has 17 heavy (non-hydrogen) atoms. The van der Waals surface area contributed by atoms with Crippen LogP contribution >= 0.6 is 11.6 Å². The Hall–Kier alpha value is -1.10. The first-order valence-corrected chi connectivity index (χ1v) is 5.71. The number of carboxylic acid groups (broad SMARTS) is 1. The lowest BCUT2D eigenvalue weighted by atomic mass is 9.87. The van der Waals surface area contributed by atoms with Crippen LogP contribution in [0.1, 0.15) is 24.0 Å². The Kier molecular flexibility index (Phi) is 3.12. The number of rotatable bonds is 3. The van der Waals surface area contributed by atoms with Crippen molar-refractivity contribution in [2.45, 2.75) is 18.4 Å². The molecular formula is C12H14ClNO3. The SMILES string of the molecule is CC(C(=O)O)c1ccc(C2(N)COC2)c(Cl)c1. The van der Waals surface area contributed by atoms with Crippen LogP contribution < -0.4 is 5.73 Å². The molecule has 1 fully saturated rings. The summed E-state index contributed by atoms with van der Waals surface area (Å²) in [6, 6.07) is 5.22. The number of hydrogen-bond acceptors (Lipinski definition) is 3. The zero-order valence-electron chi connectivity index (χ0n) is 9.44. The molecule has 1 aromatic rings. The molecule has 1 heterocycles. The summed E-state index contributed by atoms with van der Waals surface area (Å²) in [4.78, 5) is 10.9. The zero-order chi connectivity index (χ0) is 12.6. The van der Waals surface area contributed by atoms with Crippen LogP contribution in [0, 0.1) is 0 Å². The average Bonchev–Trinajstić information content (AvgIpc) is 2.24. The van der Waals surface area contributed by atoms with Crippen LogP contribution in [0.4, 0.5) is 0 Å². The van der Waals surface area contributed by atoms with Gasteiger partial charge in [-0.1, -0.05) is 23.7 Å². The Morgan fingerprint density at radius 2 is 2.24 bits per heavy atom. The molecule has 5 heteroatoms. The van der Waals surface area contributed by atoms with E-state index in [9.17, 15) is 4.79 Å². The van der Waals surface area contributed by atoms with Gasteiger partial charge in [0, 0.05) is 5.02 Å². The van der Waals surface area contributed by atoms with Crippen molar-refractivity contribution in [3.8, 4) is 0 Å². The normalized spacial score (nSPS) is 19.5. The summed E-state index contributed by atoms with van der Waals surface area (Å²) in [6.07, 6.45) is 0. The fourth-order valence-corrected chi connectivity index (χ4v) is 2.20. The van der Waals surface area contributed by atoms with Gasteiger partial charge in [0.15, 0.2) is 0 Å². The molecule has 1 aliphatic heterocycles. The second kappa shape index (κ2) is 4.29. The lowest BCUT2D eigenvalue weighted by Crippen LogP contribution is -2.54. The zero-order valence-corrected chi connectivity index (χ0v) is 10.2. The smallest absolute Gasteiger partial charge is 0.310 e. The van der Waals surface area contributed by atoms with Crippen molar-refractivity contribution in [2.24, 2.45) is 5.73 Å². The summed E-state index contributed by atoms with van der Waals surface area (Å²) in [6.45, 7) is 2.51. The van der Waals surface area contributed by atoms with E-state index in [1.54, 1.807) is 25.1 Å². The minimum Gasteiger partial charge on any atom is -0.481 e. The highest BCUT2D eigenvalue weighted by Crippen LogP contribution is 2.33. The van der Waals surface area contributed by atoms with Gasteiger partial charge in [0.1, 0.15) is 0 Å². The van der Waals surface area contributed by atoms with Crippen LogP contribution in [0.2, 0.25) is 5.02 Å². The Bertz CT molecular complexity index is 457. The molecule has 0 aliphatic carbocycles. The highest BCUT2D eigenvalue weighted by atomic mass is 35.5. The average molecular weight is 256 g/mol. The first-order valence-electron chi connectivity index (χ1n) is 5.33. The van der Waals surface area contributed by atoms with E-state index in [0.717, 1.165) is 5.56 Å². The maximum Gasteiger partial charge on any atom is 0.310 e. The Morgan fingerprint density at radius 1 is 1.59 bits per heavy atom. The van der Waals surface area contributed by atoms with Crippen LogP contribution in [0.5, 0.6) is 0 Å². The molecule has 0 spiro atoms. The van der Waals surface area contributed by atoms with Crippen molar-refractivity contribution in [3.63, 3.8) is 0 Å². The molecule has 1 aromatic carbocycles. The van der Waals surface area contributed by atoms with Gasteiger partial charge < -0.3 is 15.6 Å². The summed E-state index contributed by atoms with van der Waals surface area (Å²) in [5.74, 6) is -1.45. The van der Waals surface area contributed by atoms with E-state index in [0.29, 0.717) is 23.8 Å². The van der Waals surface area contributed by atoms with Crippen LogP contribution in [0.3, 0.4) is 0 Å². The molecule has 1 saturated heterocycles. The van der Waals surface area contributed by atoms with Crippen LogP contribution in [-0.4, -0.2) is 24.3 Å². The molecule has 0 amide bonds. The fourth-order valence-electron chi connectivity index (χ4n) is 1.82. The quantitative estimate of drug-likeness (QED) is 0.863. The summed E-state index contributed by atoms with van der Waals surface area (Å²) >= 11 is 6.15. The minimum absolute atomic E-state index is 0.445. The van der Waals surface area contributed by atoms with E-state index in [-0.39, 0.29) is 0 Å². The van der Waals surface area contributed by atoms with E-state index in [2.05, 4.69) is 0 Å². The van der Waals surface area contributed by atoms with Gasteiger partial charge >= 0.3 is 5.97 Å². The van der Waals surface area contributed by atoms with Crippen molar-refractivity contribution in [1.29, 1.82) is 0 Å². The molecule has 0 aromatic heterocycles. The number of hydrogen-bond donors (Lipinski definition) is 2. The monoisotopic (exact) mass is 255 g/mol. The molecule has 1 unspecified atom stereocenters. The number of ether oxygens (including phenoxy) is 1. The number of carboxylic acids is 1. The lowest BCUT2D eigenvalue weighted by Gasteiger charge is -2.38. The molecule has 3 N–H and O–H groups in total. The molecule has 0 saturated carbocycles. The highest BCUT2D eigenvalue weighted by Gasteiger charge is 2.37. The van der Waals surface area contributed by atoms with Crippen molar-refractivity contribution < 1.29 is 14.6 Å². The first-order chi connectivity index (χ1) is 7.94. The van der Waals surface area contributed by atoms with Gasteiger partial charge in [-0.25, -0.2) is 0 Å². The predicted octanol–water partition coefficient (Wildman–Crippen LogP) is 1.71. The molecule has 1 atom stereocenters. The Labute approximate surface area is 104 Å². The lowest BCUT2D eigenvalue weighted by molar-refractivity contribution is -0.138. The molecule has 0 radical (unpaired) electrons. The summed E-state index contributed by atoms with van der Waals surface area (Å²) in [5, 5.41) is 9.43. The largest absolute Gasteiger partial charge is 0.481 e. The molecule has 4 nitrogen and oxygen atoms in total. The second-order valence-electron chi connectivity index (χ2n) is 4.45. The highest BCUT2D eigenvalue weighted by molar-refractivity contribution is 6.31. The summed E-state index contributed by atoms with van der Waals surface area (Å²) < 4.78 is 5.09. The van der Waals surface area contributed by atoms with Gasteiger partial charge in [0.2, 0.25) is 0 Å². The topological polar surface area (TPSA) is 72.5 Å². The summed E-state index contributed by atoms with van der Waals surface area (Å²) in [5.41, 5.74) is 7.05. The number of benzene rings is 1. The second-order valence-corrected chi connectivity index (χ2v) is 4.86. The van der Waals surface area contributed by atoms with Crippen molar-refractivity contribution >= 4 is 17.6 Å². The van der Waals surface area contributed by atoms with Gasteiger partial charge in [-0.2, -0.15) is 0 Å². The van der Waals surface area contributed by atoms with E-state index >= 15 is 0 Å². The first kappa shape index (κ1) is 12.4. The van der Waals surface area contributed by atoms with Gasteiger partial charge in [0.25, 0.3) is 0 Å². The van der Waals surface area contributed by atoms with Crippen molar-refractivity contribution in [1.82, 2.24) is 0 Å². The molecular weight excluding hydrogens is 242 g/mol. The minimum atomic E-state index is -0.872. The van der Waals surface area contributed by atoms with E-state index in [4.69, 9.17) is 27.2 Å². The maximum atomic E-state index is 10.9. The fraction of sp³-hybridized carbons (Fsp3) is 0.417. The van der Waals surface area contributed by atoms with Gasteiger partial charge in [-0.3, -0.25) is 4.79 Å². The van der Waals surface area contributed by atoms with Crippen molar-refractivity contribution in [2.75, 3.05) is 13.2 Å². The van der Waals surface area contributed by atoms with E-state index < -0.39 is 17.4 Å². The molecule has 92 valence electrons. The Morgan fingerprint density at radius 3 is 2.65 bits per heavy atom. The van der Waals surface area contributed by atoms with Crippen LogP contribution in [0.15, 0.2) is 18.2 Å². The van der Waals surface area contributed by atoms with Gasteiger partial charge in [-0.05, 0) is 24.1 Å². The third-order valence-electron chi connectivity index (χ3n) is 3.12. The number of halogens is 1. The third kappa shape index (κ3) is 2.16. The van der Waals surface area contributed by atoms with Crippen molar-refractivity contribution in [3.05, 3.63) is 34.3 Å². The van der Waals surface area contributed by atoms with E-state index in [1.807, 2.05) is 0 Å².